The number of Topliss-reactive ketones (excluding diaryl/α,β-unsaturated/α-hetero) is 1. The Bertz CT molecular complexity index is 672. The normalized spacial score (nSPS) is 13.6. The smallest absolute Gasteiger partial charge is 0.175 e. The molecule has 0 saturated heterocycles. The topological polar surface area (TPSA) is 75.0 Å². The molecular formula is C13H13ClFNO3S. The predicted octanol–water partition coefficient (Wildman–Crippen LogP) is 2.48. The van der Waals surface area contributed by atoms with E-state index >= 15 is 0 Å². The van der Waals surface area contributed by atoms with Gasteiger partial charge in [0, 0.05) is 16.8 Å². The number of hydrogen-bond acceptors (Lipinski definition) is 4. The highest BCUT2D eigenvalue weighted by molar-refractivity contribution is 7.92. The Labute approximate surface area is 122 Å². The zero-order valence-electron chi connectivity index (χ0n) is 11.1. The molecule has 0 aliphatic rings. The van der Waals surface area contributed by atoms with E-state index < -0.39 is 32.1 Å². The number of ketones is 1. The van der Waals surface area contributed by atoms with Gasteiger partial charge in [-0.15, -0.1) is 0 Å². The Balaban J connectivity index is 3.44. The molecule has 1 aromatic rings. The number of carbonyl (C=O) groups is 1. The minimum absolute atomic E-state index is 0.0887. The van der Waals surface area contributed by atoms with Gasteiger partial charge in [0.15, 0.2) is 15.6 Å². The van der Waals surface area contributed by atoms with Crippen molar-refractivity contribution in [3.63, 3.8) is 0 Å². The first-order valence-corrected chi connectivity index (χ1v) is 7.88. The molecule has 1 rings (SSSR count). The summed E-state index contributed by atoms with van der Waals surface area (Å²) >= 11 is 5.82. The van der Waals surface area contributed by atoms with Crippen molar-refractivity contribution < 1.29 is 17.6 Å². The van der Waals surface area contributed by atoms with Crippen LogP contribution in [0.25, 0.3) is 0 Å². The lowest BCUT2D eigenvalue weighted by molar-refractivity contribution is -0.121. The summed E-state index contributed by atoms with van der Waals surface area (Å²) in [5.74, 6) is -3.30. The van der Waals surface area contributed by atoms with E-state index in [9.17, 15) is 17.6 Å². The summed E-state index contributed by atoms with van der Waals surface area (Å²) in [6, 6.07) is 5.37. The highest BCUT2D eigenvalue weighted by Gasteiger charge is 2.44. The van der Waals surface area contributed by atoms with Gasteiger partial charge in [-0.2, -0.15) is 5.26 Å². The first-order chi connectivity index (χ1) is 9.04. The average molecular weight is 318 g/mol. The SMILES string of the molecule is CC(C)(C(=O)C(C#N)c1c(F)cccc1Cl)S(C)(=O)=O. The minimum atomic E-state index is -3.76. The number of nitrogens with zero attached hydrogens (tertiary/aromatic N) is 1. The highest BCUT2D eigenvalue weighted by atomic mass is 35.5. The second-order valence-electron chi connectivity index (χ2n) is 4.84. The first kappa shape index (κ1) is 16.6. The highest BCUT2D eigenvalue weighted by Crippen LogP contribution is 2.32. The summed E-state index contributed by atoms with van der Waals surface area (Å²) < 4.78 is 35.3. The molecule has 1 atom stereocenters. The summed E-state index contributed by atoms with van der Waals surface area (Å²) in [7, 11) is -3.76. The molecule has 7 heteroatoms. The van der Waals surface area contributed by atoms with Crippen molar-refractivity contribution in [2.45, 2.75) is 24.5 Å². The van der Waals surface area contributed by atoms with E-state index in [1.165, 1.54) is 26.0 Å². The van der Waals surface area contributed by atoms with Gasteiger partial charge in [0.25, 0.3) is 0 Å². The second-order valence-corrected chi connectivity index (χ2v) is 7.82. The van der Waals surface area contributed by atoms with Gasteiger partial charge in [0.05, 0.1) is 6.07 Å². The molecule has 1 aromatic carbocycles. The zero-order chi connectivity index (χ0) is 15.7. The quantitative estimate of drug-likeness (QED) is 0.855. The molecule has 20 heavy (non-hydrogen) atoms. The second kappa shape index (κ2) is 5.51. The maximum atomic E-state index is 13.8. The minimum Gasteiger partial charge on any atom is -0.296 e. The van der Waals surface area contributed by atoms with Crippen molar-refractivity contribution in [1.29, 1.82) is 5.26 Å². The van der Waals surface area contributed by atoms with E-state index in [0.29, 0.717) is 0 Å². The van der Waals surface area contributed by atoms with Crippen LogP contribution in [0, 0.1) is 17.1 Å². The van der Waals surface area contributed by atoms with Gasteiger partial charge in [-0.3, -0.25) is 4.79 Å². The lowest BCUT2D eigenvalue weighted by Gasteiger charge is -2.24. The predicted molar refractivity (Wildman–Crippen MR) is 73.7 cm³/mol. The largest absolute Gasteiger partial charge is 0.296 e. The average Bonchev–Trinajstić information content (AvgIpc) is 2.31. The first-order valence-electron chi connectivity index (χ1n) is 5.61. The molecule has 0 spiro atoms. The van der Waals surface area contributed by atoms with E-state index in [-0.39, 0.29) is 10.6 Å². The summed E-state index contributed by atoms with van der Waals surface area (Å²) in [4.78, 5) is 12.3. The van der Waals surface area contributed by atoms with Gasteiger partial charge in [-0.1, -0.05) is 17.7 Å². The van der Waals surface area contributed by atoms with Crippen LogP contribution in [0.2, 0.25) is 5.02 Å². The lowest BCUT2D eigenvalue weighted by atomic mass is 9.89. The Morgan fingerprint density at radius 1 is 1.45 bits per heavy atom. The number of carbonyl (C=O) groups excluding carboxylic acids is 1. The number of benzene rings is 1. The van der Waals surface area contributed by atoms with E-state index in [2.05, 4.69) is 0 Å². The van der Waals surface area contributed by atoms with Crippen LogP contribution >= 0.6 is 11.6 Å². The van der Waals surface area contributed by atoms with Crippen LogP contribution in [0.3, 0.4) is 0 Å². The fourth-order valence-electron chi connectivity index (χ4n) is 1.57. The van der Waals surface area contributed by atoms with Gasteiger partial charge in [-0.25, -0.2) is 12.8 Å². The molecule has 0 saturated carbocycles. The van der Waals surface area contributed by atoms with E-state index in [1.807, 2.05) is 0 Å². The number of nitriles is 1. The van der Waals surface area contributed by atoms with Crippen LogP contribution in [0.15, 0.2) is 18.2 Å². The number of hydrogen-bond donors (Lipinski definition) is 0. The summed E-state index contributed by atoms with van der Waals surface area (Å²) in [5, 5.41) is 9.05. The number of rotatable bonds is 4. The maximum Gasteiger partial charge on any atom is 0.175 e. The zero-order valence-corrected chi connectivity index (χ0v) is 12.7. The van der Waals surface area contributed by atoms with Gasteiger partial charge >= 0.3 is 0 Å². The molecule has 0 N–H and O–H groups in total. The van der Waals surface area contributed by atoms with E-state index in [4.69, 9.17) is 16.9 Å². The van der Waals surface area contributed by atoms with E-state index in [1.54, 1.807) is 6.07 Å². The maximum absolute atomic E-state index is 13.8. The monoisotopic (exact) mass is 317 g/mol. The molecule has 0 heterocycles. The number of sulfone groups is 1. The third-order valence-corrected chi connectivity index (χ3v) is 5.58. The van der Waals surface area contributed by atoms with Crippen LogP contribution in [-0.2, 0) is 14.6 Å². The van der Waals surface area contributed by atoms with Crippen LogP contribution in [-0.4, -0.2) is 25.2 Å². The molecule has 0 fully saturated rings. The summed E-state index contributed by atoms with van der Waals surface area (Å²) in [6.07, 6.45) is 0.891. The van der Waals surface area contributed by atoms with Gasteiger partial charge in [-0.05, 0) is 26.0 Å². The van der Waals surface area contributed by atoms with Crippen molar-refractivity contribution >= 4 is 27.2 Å². The molecule has 4 nitrogen and oxygen atoms in total. The Kier molecular flexibility index (Phi) is 4.57. The molecule has 1 unspecified atom stereocenters. The van der Waals surface area contributed by atoms with Crippen LogP contribution < -0.4 is 0 Å². The summed E-state index contributed by atoms with van der Waals surface area (Å²) in [5.41, 5.74) is -0.293. The Morgan fingerprint density at radius 3 is 2.40 bits per heavy atom. The molecule has 108 valence electrons. The van der Waals surface area contributed by atoms with Crippen LogP contribution in [0.1, 0.15) is 25.3 Å². The molecule has 0 aromatic heterocycles. The Hall–Kier alpha value is -1.45. The van der Waals surface area contributed by atoms with Crippen molar-refractivity contribution in [2.24, 2.45) is 0 Å². The van der Waals surface area contributed by atoms with Crippen LogP contribution in [0.4, 0.5) is 4.39 Å². The summed E-state index contributed by atoms with van der Waals surface area (Å²) in [6.45, 7) is 2.37. The van der Waals surface area contributed by atoms with Gasteiger partial charge < -0.3 is 0 Å². The molecule has 0 aliphatic heterocycles. The fraction of sp³-hybridized carbons (Fsp3) is 0.385. The third kappa shape index (κ3) is 2.84. The molecule has 0 bridgehead atoms. The third-order valence-electron chi connectivity index (χ3n) is 3.20. The number of halogens is 2. The van der Waals surface area contributed by atoms with Crippen molar-refractivity contribution in [3.8, 4) is 6.07 Å². The lowest BCUT2D eigenvalue weighted by Crippen LogP contribution is -2.42. The molecule has 0 amide bonds. The fourth-order valence-corrected chi connectivity index (χ4v) is 2.33. The van der Waals surface area contributed by atoms with Crippen molar-refractivity contribution in [3.05, 3.63) is 34.6 Å². The van der Waals surface area contributed by atoms with Crippen molar-refractivity contribution in [2.75, 3.05) is 6.26 Å². The van der Waals surface area contributed by atoms with Gasteiger partial charge in [0.1, 0.15) is 16.5 Å². The molecule has 0 aliphatic carbocycles. The molecular weight excluding hydrogens is 305 g/mol. The van der Waals surface area contributed by atoms with Crippen LogP contribution in [0.5, 0.6) is 0 Å². The van der Waals surface area contributed by atoms with Gasteiger partial charge in [0.2, 0.25) is 0 Å². The van der Waals surface area contributed by atoms with E-state index in [0.717, 1.165) is 12.3 Å². The molecule has 0 radical (unpaired) electrons. The Morgan fingerprint density at radius 2 is 2.00 bits per heavy atom. The standard InChI is InChI=1S/C13H13ClFNO3S/c1-13(2,20(3,18)19)12(17)8(7-16)11-9(14)5-4-6-10(11)15/h4-6,8H,1-3H3. The van der Waals surface area contributed by atoms with Crippen molar-refractivity contribution in [1.82, 2.24) is 0 Å².